The molecule has 0 aliphatic carbocycles. The second-order valence-electron chi connectivity index (χ2n) is 4.03. The molecule has 0 saturated carbocycles. The van der Waals surface area contributed by atoms with Crippen molar-refractivity contribution in [3.8, 4) is 0 Å². The van der Waals surface area contributed by atoms with Crippen LogP contribution in [0.2, 0.25) is 0 Å². The average Bonchev–Trinajstić information content (AvgIpc) is 2.24. The zero-order chi connectivity index (χ0) is 23.8. The van der Waals surface area contributed by atoms with Gasteiger partial charge in [-0.05, 0) is 158 Å². The first kappa shape index (κ1) is 32.8. The fourth-order valence-corrected chi connectivity index (χ4v) is 30.9. The third-order valence-corrected chi connectivity index (χ3v) is 22.6. The SMILES string of the molecule is Cl/C1=N\P(Cl)(Cl)=NP(Cl)(Cl)=NP(Cl)(Cl)=N/C(Cl)=N/P(Cl)(Cl)=NP(Cl)(Cl)=NP(Cl)(Cl)=N1. The minimum Gasteiger partial charge on any atom is -0.186 e. The molecule has 0 N–H and O–H groups in total. The Hall–Kier alpha value is 4.78. The summed E-state index contributed by atoms with van der Waals surface area (Å²) >= 11 is 83.9. The standard InChI is InChI=1S/C2Cl14N8P6/c3-1-17-25(5,6)21-29(13,14)23-27(9,10)19-2(4)20-28(11,12)24-30(15,16)22-26(7,8)18-1/b17-1+,20-2+. The van der Waals surface area contributed by atoms with E-state index in [4.69, 9.17) is 158 Å². The summed E-state index contributed by atoms with van der Waals surface area (Å²) in [6, 6.07) is 0. The van der Waals surface area contributed by atoms with Crippen LogP contribution in [0.3, 0.4) is 0 Å². The summed E-state index contributed by atoms with van der Waals surface area (Å²) in [5.41, 5.74) is 0. The molecule has 1 aliphatic rings. The number of hydrogen-bond acceptors (Lipinski definition) is 8. The largest absolute Gasteiger partial charge is 0.257 e. The van der Waals surface area contributed by atoms with Gasteiger partial charge in [-0.25, -0.2) is 0 Å². The van der Waals surface area contributed by atoms with Gasteiger partial charge in [0.2, 0.25) is 10.6 Å². The number of amidine groups is 2. The van der Waals surface area contributed by atoms with E-state index in [1.54, 1.807) is 0 Å². The highest BCUT2D eigenvalue weighted by molar-refractivity contribution is 8.22. The van der Waals surface area contributed by atoms with Crippen LogP contribution in [0.5, 0.6) is 0 Å². The van der Waals surface area contributed by atoms with E-state index in [2.05, 4.69) is 37.1 Å². The number of nitrogens with zero attached hydrogens (tertiary/aromatic N) is 8. The van der Waals surface area contributed by atoms with Crippen LogP contribution in [-0.2, 0) is 0 Å². The summed E-state index contributed by atoms with van der Waals surface area (Å²) in [5, 5.41) is -1.32. The summed E-state index contributed by atoms with van der Waals surface area (Å²) < 4.78 is 29.6. The van der Waals surface area contributed by atoms with Crippen molar-refractivity contribution in [2.45, 2.75) is 0 Å². The van der Waals surface area contributed by atoms with Gasteiger partial charge in [0.25, 0.3) is 35.5 Å². The van der Waals surface area contributed by atoms with E-state index in [0.717, 1.165) is 0 Å². The van der Waals surface area contributed by atoms with Gasteiger partial charge in [0.15, 0.2) is 0 Å². The summed E-state index contributed by atoms with van der Waals surface area (Å²) in [6.45, 7) is 0. The Morgan fingerprint density at radius 2 is 0.600 bits per heavy atom. The van der Waals surface area contributed by atoms with E-state index in [1.807, 2.05) is 0 Å². The highest BCUT2D eigenvalue weighted by Gasteiger charge is 2.28. The van der Waals surface area contributed by atoms with Crippen molar-refractivity contribution < 1.29 is 0 Å². The molecule has 0 fully saturated rings. The molecule has 0 aromatic heterocycles. The molecule has 1 rings (SSSR count). The maximum atomic E-state index is 6.03. The van der Waals surface area contributed by atoms with Crippen LogP contribution in [0.4, 0.5) is 0 Å². The predicted molar refractivity (Wildman–Crippen MR) is 153 cm³/mol. The fraction of sp³-hybridized carbons (Fsp3) is 0. The monoisotopic (exact) mass is 811 g/mol. The van der Waals surface area contributed by atoms with E-state index in [0.29, 0.717) is 0 Å². The normalized spacial score (nSPS) is 30.7. The number of rotatable bonds is 0. The first-order valence-electron chi connectivity index (χ1n) is 5.70. The number of halogens is 14. The Morgan fingerprint density at radius 3 is 0.867 bits per heavy atom. The van der Waals surface area contributed by atoms with E-state index >= 15 is 0 Å². The lowest BCUT2D eigenvalue weighted by Gasteiger charge is -2.12. The van der Waals surface area contributed by atoms with Crippen molar-refractivity contribution >= 4 is 204 Å². The van der Waals surface area contributed by atoms with Crippen molar-refractivity contribution in [2.24, 2.45) is 37.1 Å². The molecule has 1 aliphatic heterocycles. The van der Waals surface area contributed by atoms with Gasteiger partial charge < -0.3 is 0 Å². The molecule has 0 amide bonds. The topological polar surface area (TPSA) is 98.9 Å². The van der Waals surface area contributed by atoms with Crippen molar-refractivity contribution in [2.75, 3.05) is 0 Å². The summed E-state index contributed by atoms with van der Waals surface area (Å²) in [5.74, 6) is -22.4. The molecule has 0 aromatic rings. The van der Waals surface area contributed by atoms with E-state index < -0.39 is 46.1 Å². The molecule has 0 saturated heterocycles. The van der Waals surface area contributed by atoms with E-state index in [1.165, 1.54) is 0 Å². The second kappa shape index (κ2) is 12.1. The zero-order valence-corrected chi connectivity index (χ0v) is 28.5. The quantitative estimate of drug-likeness (QED) is 0.172. The first-order valence-corrected chi connectivity index (χ1v) is 27.5. The zero-order valence-electron chi connectivity index (χ0n) is 12.6. The molecule has 0 aromatic carbocycles. The molecule has 0 spiro atoms. The van der Waals surface area contributed by atoms with Gasteiger partial charge in [-0.2, -0.15) is 37.1 Å². The predicted octanol–water partition coefficient (Wildman–Crippen LogP) is 15.7. The molecule has 0 atom stereocenters. The van der Waals surface area contributed by atoms with Gasteiger partial charge in [0.1, 0.15) is 0 Å². The molecule has 0 radical (unpaired) electrons. The third-order valence-electron chi connectivity index (χ3n) is 1.67. The maximum absolute atomic E-state index is 6.03. The molecule has 30 heavy (non-hydrogen) atoms. The van der Waals surface area contributed by atoms with E-state index in [9.17, 15) is 0 Å². The lowest BCUT2D eigenvalue weighted by atomic mass is 11.4. The van der Waals surface area contributed by atoms with Gasteiger partial charge in [-0.15, -0.1) is 0 Å². The second-order valence-corrected chi connectivity index (χ2v) is 33.9. The smallest absolute Gasteiger partial charge is 0.186 e. The van der Waals surface area contributed by atoms with Crippen LogP contribution in [0.15, 0.2) is 37.1 Å². The van der Waals surface area contributed by atoms with Gasteiger partial charge >= 0.3 is 0 Å². The highest BCUT2D eigenvalue weighted by Crippen LogP contribution is 2.82. The van der Waals surface area contributed by atoms with Crippen molar-refractivity contribution in [3.63, 3.8) is 0 Å². The van der Waals surface area contributed by atoms with Crippen LogP contribution < -0.4 is 0 Å². The summed E-state index contributed by atoms with van der Waals surface area (Å²) in [4.78, 5) is 0. The Bertz CT molecular complexity index is 1000. The Morgan fingerprint density at radius 1 is 0.367 bits per heavy atom. The van der Waals surface area contributed by atoms with Crippen molar-refractivity contribution in [3.05, 3.63) is 0 Å². The molecule has 176 valence electrons. The summed E-state index contributed by atoms with van der Waals surface area (Å²) in [6.07, 6.45) is 0. The number of hydrogen-bond donors (Lipinski definition) is 0. The van der Waals surface area contributed by atoms with Gasteiger partial charge in [0, 0.05) is 0 Å². The lowest BCUT2D eigenvalue weighted by Crippen LogP contribution is -1.77. The van der Waals surface area contributed by atoms with Crippen LogP contribution >= 0.6 is 194 Å². The van der Waals surface area contributed by atoms with E-state index in [-0.39, 0.29) is 0 Å². The summed E-state index contributed by atoms with van der Waals surface area (Å²) in [7, 11) is 0. The van der Waals surface area contributed by atoms with Gasteiger partial charge in [0.05, 0.1) is 0 Å². The third kappa shape index (κ3) is 13.9. The average molecular weight is 818 g/mol. The maximum Gasteiger partial charge on any atom is 0.257 e. The van der Waals surface area contributed by atoms with Crippen LogP contribution in [0.1, 0.15) is 0 Å². The Labute approximate surface area is 238 Å². The fourth-order valence-electron chi connectivity index (χ4n) is 1.07. The Balaban J connectivity index is 4.10. The molecule has 0 unspecified atom stereocenters. The van der Waals surface area contributed by atoms with Gasteiger partial charge in [-0.3, -0.25) is 0 Å². The van der Waals surface area contributed by atoms with Crippen LogP contribution in [0.25, 0.3) is 0 Å². The van der Waals surface area contributed by atoms with Crippen molar-refractivity contribution in [1.82, 2.24) is 0 Å². The van der Waals surface area contributed by atoms with Crippen molar-refractivity contribution in [1.29, 1.82) is 0 Å². The molecule has 28 heteroatoms. The van der Waals surface area contributed by atoms with Crippen LogP contribution in [-0.4, -0.2) is 10.6 Å². The Kier molecular flexibility index (Phi) is 13.2. The molecular weight excluding hydrogens is 818 g/mol. The molecule has 1 heterocycles. The molecule has 0 bridgehead atoms. The minimum absolute atomic E-state index is 0.658. The lowest BCUT2D eigenvalue weighted by molar-refractivity contribution is 1.71. The molecular formula is C2Cl14N8P6. The van der Waals surface area contributed by atoms with Gasteiger partial charge in [-0.1, -0.05) is 0 Å². The molecule has 8 nitrogen and oxygen atoms in total. The first-order chi connectivity index (χ1) is 13.0. The van der Waals surface area contributed by atoms with Crippen LogP contribution in [0, 0.1) is 0 Å². The minimum atomic E-state index is -3.76. The highest BCUT2D eigenvalue weighted by atomic mass is 35.9.